The summed E-state index contributed by atoms with van der Waals surface area (Å²) in [5.74, 6) is 0. The summed E-state index contributed by atoms with van der Waals surface area (Å²) in [6.07, 6.45) is 4.86. The Morgan fingerprint density at radius 1 is 0.610 bits per heavy atom. The van der Waals surface area contributed by atoms with Gasteiger partial charge in [-0.15, -0.1) is 0 Å². The number of para-hydroxylation sites is 3. The molecule has 286 valence electrons. The Bertz CT molecular complexity index is 3060. The largest absolute Gasteiger partial charge is 0.455 e. The van der Waals surface area contributed by atoms with Gasteiger partial charge in [0.05, 0.1) is 11.0 Å². The molecule has 0 radical (unpaired) electrons. The maximum Gasteiger partial charge on any atom is 0.333 e. The summed E-state index contributed by atoms with van der Waals surface area (Å²) < 4.78 is 7.16. The third-order valence-electron chi connectivity index (χ3n) is 15.8. The number of benzene rings is 7. The fourth-order valence-electron chi connectivity index (χ4n) is 12.9. The van der Waals surface area contributed by atoms with Crippen molar-refractivity contribution in [2.24, 2.45) is 0 Å². The van der Waals surface area contributed by atoms with Crippen LogP contribution in [0.15, 0.2) is 150 Å². The number of hydrogen-bond donors (Lipinski definition) is 0. The van der Waals surface area contributed by atoms with Crippen molar-refractivity contribution in [1.82, 2.24) is 0 Å². The van der Waals surface area contributed by atoms with Gasteiger partial charge in [-0.25, -0.2) is 0 Å². The molecule has 2 atom stereocenters. The van der Waals surface area contributed by atoms with Crippen LogP contribution in [0.5, 0.6) is 0 Å². The molecule has 1 fully saturated rings. The molecule has 1 saturated carbocycles. The molecule has 0 N–H and O–H groups in total. The van der Waals surface area contributed by atoms with Crippen LogP contribution in [-0.2, 0) is 16.2 Å². The first-order valence-corrected chi connectivity index (χ1v) is 21.8. The van der Waals surface area contributed by atoms with Gasteiger partial charge in [0, 0.05) is 50.1 Å². The number of anilines is 4. The average molecular weight is 763 g/mol. The van der Waals surface area contributed by atoms with Crippen LogP contribution in [0.1, 0.15) is 93.7 Å². The van der Waals surface area contributed by atoms with Crippen LogP contribution in [0.25, 0.3) is 33.1 Å². The standard InChI is InChI=1S/C55H47BN2O/c1-52(2,3)36-31-42-50-43(32-36)56-48-45(57(50)54(5)30-17-16-29-53(42,54)4)33-39-37-23-12-15-28-46(37)59-51(39)47(48)38-24-18-26-41-49(38)58(56)44-27-14-13-25-40(44)55(41,34-19-8-6-9-20-34)35-21-10-7-11-22-35/h6-15,18-28,31-33H,16-17,29-30H2,1-5H3. The Morgan fingerprint density at radius 3 is 2.05 bits per heavy atom. The lowest BCUT2D eigenvalue weighted by Gasteiger charge is -2.55. The van der Waals surface area contributed by atoms with Gasteiger partial charge in [0.2, 0.25) is 0 Å². The van der Waals surface area contributed by atoms with E-state index in [2.05, 4.69) is 190 Å². The molecule has 5 heterocycles. The van der Waals surface area contributed by atoms with Crippen LogP contribution in [-0.4, -0.2) is 12.4 Å². The molecular formula is C55H47BN2O. The molecule has 3 nitrogen and oxygen atoms in total. The highest BCUT2D eigenvalue weighted by Gasteiger charge is 2.63. The maximum absolute atomic E-state index is 7.16. The molecule has 8 aromatic rings. The van der Waals surface area contributed by atoms with E-state index in [0.29, 0.717) is 0 Å². The lowest BCUT2D eigenvalue weighted by Crippen LogP contribution is -2.65. The molecule has 0 saturated heterocycles. The maximum atomic E-state index is 7.16. The van der Waals surface area contributed by atoms with Crippen molar-refractivity contribution in [3.8, 4) is 11.1 Å². The van der Waals surface area contributed by atoms with Crippen molar-refractivity contribution >= 4 is 62.5 Å². The fourth-order valence-corrected chi connectivity index (χ4v) is 12.9. The van der Waals surface area contributed by atoms with Crippen LogP contribution in [0.4, 0.5) is 22.7 Å². The first-order valence-electron chi connectivity index (χ1n) is 21.8. The van der Waals surface area contributed by atoms with Crippen LogP contribution in [0, 0.1) is 0 Å². The van der Waals surface area contributed by atoms with Gasteiger partial charge in [-0.1, -0.05) is 168 Å². The van der Waals surface area contributed by atoms with Gasteiger partial charge in [-0.2, -0.15) is 0 Å². The number of rotatable bonds is 2. The monoisotopic (exact) mass is 762 g/mol. The molecule has 0 bridgehead atoms. The van der Waals surface area contributed by atoms with E-state index in [1.54, 1.807) is 5.56 Å². The summed E-state index contributed by atoms with van der Waals surface area (Å²) in [4.78, 5) is 5.64. The van der Waals surface area contributed by atoms with Gasteiger partial charge in [-0.05, 0) is 87.7 Å². The molecule has 5 aliphatic rings. The lowest BCUT2D eigenvalue weighted by molar-refractivity contribution is 0.195. The third kappa shape index (κ3) is 3.93. The highest BCUT2D eigenvalue weighted by atomic mass is 16.3. The molecule has 7 aromatic carbocycles. The van der Waals surface area contributed by atoms with E-state index in [0.717, 1.165) is 17.6 Å². The van der Waals surface area contributed by atoms with E-state index >= 15 is 0 Å². The summed E-state index contributed by atoms with van der Waals surface area (Å²) in [6, 6.07) is 55.4. The molecule has 13 rings (SSSR count). The minimum Gasteiger partial charge on any atom is -0.455 e. The molecule has 59 heavy (non-hydrogen) atoms. The fraction of sp³-hybridized carbons (Fsp3) is 0.236. The van der Waals surface area contributed by atoms with Gasteiger partial charge >= 0.3 is 6.85 Å². The van der Waals surface area contributed by atoms with Crippen molar-refractivity contribution in [2.45, 2.75) is 82.1 Å². The zero-order valence-corrected chi connectivity index (χ0v) is 34.6. The molecule has 0 spiro atoms. The highest BCUT2D eigenvalue weighted by Crippen LogP contribution is 2.65. The predicted molar refractivity (Wildman–Crippen MR) is 246 cm³/mol. The molecule has 2 unspecified atom stereocenters. The average Bonchev–Trinajstić information content (AvgIpc) is 3.73. The first-order chi connectivity index (χ1) is 28.7. The summed E-state index contributed by atoms with van der Waals surface area (Å²) >= 11 is 0. The Kier molecular flexibility index (Phi) is 6.43. The van der Waals surface area contributed by atoms with Crippen molar-refractivity contribution in [1.29, 1.82) is 0 Å². The molecular weight excluding hydrogens is 715 g/mol. The molecule has 1 aliphatic carbocycles. The van der Waals surface area contributed by atoms with Gasteiger partial charge in [0.25, 0.3) is 0 Å². The van der Waals surface area contributed by atoms with E-state index in [1.165, 1.54) is 103 Å². The number of furan rings is 1. The SMILES string of the molecule is CC(C)(C)c1cc2c3c(c1)C1(C)CCCCC1(C)N3c1cc3c(oc4ccccc43)c3c1B2N1c2ccccc2C(c2ccccc2)(c2ccccc2)c2cccc-3c21. The second-order valence-corrected chi connectivity index (χ2v) is 19.5. The lowest BCUT2D eigenvalue weighted by atomic mass is 9.41. The number of hydrogen-bond acceptors (Lipinski definition) is 3. The third-order valence-corrected chi connectivity index (χ3v) is 15.8. The first kappa shape index (κ1) is 33.9. The minimum atomic E-state index is -0.561. The van der Waals surface area contributed by atoms with Gasteiger partial charge in [0.15, 0.2) is 0 Å². The van der Waals surface area contributed by atoms with E-state index in [-0.39, 0.29) is 23.2 Å². The minimum absolute atomic E-state index is 0.00200. The smallest absolute Gasteiger partial charge is 0.333 e. The van der Waals surface area contributed by atoms with E-state index in [1.807, 2.05) is 0 Å². The Labute approximate surface area is 347 Å². The van der Waals surface area contributed by atoms with Crippen molar-refractivity contribution < 1.29 is 4.42 Å². The quantitative estimate of drug-likeness (QED) is 0.164. The molecule has 4 aliphatic heterocycles. The summed E-state index contributed by atoms with van der Waals surface area (Å²) in [5, 5.41) is 2.39. The van der Waals surface area contributed by atoms with E-state index in [9.17, 15) is 0 Å². The van der Waals surface area contributed by atoms with E-state index < -0.39 is 5.41 Å². The van der Waals surface area contributed by atoms with Crippen LogP contribution in [0.2, 0.25) is 0 Å². The zero-order chi connectivity index (χ0) is 39.6. The Hall–Kier alpha value is -6.00. The second kappa shape index (κ2) is 11.2. The van der Waals surface area contributed by atoms with Crippen molar-refractivity contribution in [3.05, 3.63) is 179 Å². The van der Waals surface area contributed by atoms with Gasteiger partial charge in [-0.3, -0.25) is 0 Å². The molecule has 0 amide bonds. The van der Waals surface area contributed by atoms with Crippen LogP contribution >= 0.6 is 0 Å². The Balaban J connectivity index is 1.26. The molecule has 1 aromatic heterocycles. The van der Waals surface area contributed by atoms with Crippen LogP contribution < -0.4 is 20.6 Å². The highest BCUT2D eigenvalue weighted by molar-refractivity contribution is 6.94. The van der Waals surface area contributed by atoms with Crippen LogP contribution in [0.3, 0.4) is 0 Å². The van der Waals surface area contributed by atoms with E-state index in [4.69, 9.17) is 4.42 Å². The molecule has 4 heteroatoms. The summed E-state index contributed by atoms with van der Waals surface area (Å²) in [5.41, 5.74) is 20.1. The van der Waals surface area contributed by atoms with Crippen molar-refractivity contribution in [3.63, 3.8) is 0 Å². The Morgan fingerprint density at radius 2 is 1.29 bits per heavy atom. The topological polar surface area (TPSA) is 19.6 Å². The number of nitrogens with zero attached hydrogens (tertiary/aromatic N) is 2. The van der Waals surface area contributed by atoms with Gasteiger partial charge < -0.3 is 14.1 Å². The summed E-state index contributed by atoms with van der Waals surface area (Å²) in [7, 11) is 0. The van der Waals surface area contributed by atoms with Crippen molar-refractivity contribution in [2.75, 3.05) is 9.71 Å². The number of fused-ring (bicyclic) bond motifs is 13. The normalized spacial score (nSPS) is 21.5. The van der Waals surface area contributed by atoms with Gasteiger partial charge in [0.1, 0.15) is 11.2 Å². The zero-order valence-electron chi connectivity index (χ0n) is 34.6. The predicted octanol–water partition coefficient (Wildman–Crippen LogP) is 12.6. The second-order valence-electron chi connectivity index (χ2n) is 19.5. The summed E-state index contributed by atoms with van der Waals surface area (Å²) in [6.45, 7) is 12.3.